The van der Waals surface area contributed by atoms with Crippen molar-refractivity contribution in [1.82, 2.24) is 15.3 Å². The van der Waals surface area contributed by atoms with Gasteiger partial charge in [0.05, 0.1) is 6.61 Å². The summed E-state index contributed by atoms with van der Waals surface area (Å²) in [6.45, 7) is 6.62. The molecule has 0 bridgehead atoms. The summed E-state index contributed by atoms with van der Waals surface area (Å²) in [4.78, 5) is 8.61. The van der Waals surface area contributed by atoms with Crippen molar-refractivity contribution in [1.29, 1.82) is 0 Å². The van der Waals surface area contributed by atoms with Crippen LogP contribution in [0, 0.1) is 12.8 Å². The summed E-state index contributed by atoms with van der Waals surface area (Å²) in [5.41, 5.74) is 2.14. The molecule has 1 aromatic rings. The highest BCUT2D eigenvalue weighted by molar-refractivity contribution is 5.17. The first-order valence-corrected chi connectivity index (χ1v) is 6.45. The zero-order valence-electron chi connectivity index (χ0n) is 10.7. The van der Waals surface area contributed by atoms with Crippen LogP contribution in [0.4, 0.5) is 0 Å². The van der Waals surface area contributed by atoms with E-state index in [4.69, 9.17) is 4.74 Å². The molecule has 0 aliphatic heterocycles. The van der Waals surface area contributed by atoms with E-state index in [1.807, 2.05) is 13.1 Å². The smallest absolute Gasteiger partial charge is 0.316 e. The monoisotopic (exact) mass is 235 g/mol. The van der Waals surface area contributed by atoms with Gasteiger partial charge in [0.2, 0.25) is 0 Å². The first kappa shape index (κ1) is 12.3. The van der Waals surface area contributed by atoms with Gasteiger partial charge in [-0.25, -0.2) is 9.97 Å². The lowest BCUT2D eigenvalue weighted by Gasteiger charge is -2.08. The summed E-state index contributed by atoms with van der Waals surface area (Å²) >= 11 is 0. The summed E-state index contributed by atoms with van der Waals surface area (Å²) in [6.07, 6.45) is 5.73. The van der Waals surface area contributed by atoms with Crippen molar-refractivity contribution < 1.29 is 4.74 Å². The van der Waals surface area contributed by atoms with Crippen molar-refractivity contribution >= 4 is 0 Å². The fourth-order valence-corrected chi connectivity index (χ4v) is 1.70. The SMILES string of the molecule is CCNCc1cnc(OCCC2CC2)nc1C. The lowest BCUT2D eigenvalue weighted by molar-refractivity contribution is 0.278. The fraction of sp³-hybridized carbons (Fsp3) is 0.692. The van der Waals surface area contributed by atoms with E-state index < -0.39 is 0 Å². The lowest BCUT2D eigenvalue weighted by Crippen LogP contribution is -2.14. The van der Waals surface area contributed by atoms with Crippen LogP contribution >= 0.6 is 0 Å². The molecule has 4 heteroatoms. The Morgan fingerprint density at radius 1 is 1.47 bits per heavy atom. The first-order valence-electron chi connectivity index (χ1n) is 6.45. The van der Waals surface area contributed by atoms with E-state index in [-0.39, 0.29) is 0 Å². The predicted octanol–water partition coefficient (Wildman–Crippen LogP) is 2.07. The Hall–Kier alpha value is -1.16. The Morgan fingerprint density at radius 3 is 2.94 bits per heavy atom. The van der Waals surface area contributed by atoms with Gasteiger partial charge >= 0.3 is 6.01 Å². The molecule has 0 atom stereocenters. The molecule has 1 heterocycles. The molecule has 2 rings (SSSR count). The molecule has 0 saturated heterocycles. The second-order valence-electron chi connectivity index (χ2n) is 4.62. The van der Waals surface area contributed by atoms with Crippen molar-refractivity contribution in [3.05, 3.63) is 17.5 Å². The highest BCUT2D eigenvalue weighted by Gasteiger charge is 2.20. The first-order chi connectivity index (χ1) is 8.29. The van der Waals surface area contributed by atoms with Crippen LogP contribution in [0.3, 0.4) is 0 Å². The Balaban J connectivity index is 1.83. The van der Waals surface area contributed by atoms with Gasteiger partial charge in [-0.15, -0.1) is 0 Å². The molecule has 94 valence electrons. The van der Waals surface area contributed by atoms with Crippen LogP contribution in [0.25, 0.3) is 0 Å². The van der Waals surface area contributed by atoms with E-state index in [2.05, 4.69) is 22.2 Å². The topological polar surface area (TPSA) is 47.0 Å². The summed E-state index contributed by atoms with van der Waals surface area (Å²) in [7, 11) is 0. The van der Waals surface area contributed by atoms with Crippen LogP contribution in [-0.4, -0.2) is 23.1 Å². The summed E-state index contributed by atoms with van der Waals surface area (Å²) in [5.74, 6) is 0.893. The molecule has 0 amide bonds. The molecule has 1 fully saturated rings. The number of ether oxygens (including phenoxy) is 1. The second-order valence-corrected chi connectivity index (χ2v) is 4.62. The average Bonchev–Trinajstić information content (AvgIpc) is 3.12. The molecule has 1 aliphatic rings. The van der Waals surface area contributed by atoms with Crippen molar-refractivity contribution in [2.45, 2.75) is 39.7 Å². The molecule has 0 unspecified atom stereocenters. The minimum Gasteiger partial charge on any atom is -0.463 e. The molecule has 1 aliphatic carbocycles. The number of rotatable bonds is 7. The van der Waals surface area contributed by atoms with E-state index in [0.717, 1.165) is 43.3 Å². The predicted molar refractivity (Wildman–Crippen MR) is 67.0 cm³/mol. The van der Waals surface area contributed by atoms with Gasteiger partial charge < -0.3 is 10.1 Å². The zero-order valence-corrected chi connectivity index (χ0v) is 10.7. The molecule has 0 spiro atoms. The third kappa shape index (κ3) is 3.97. The highest BCUT2D eigenvalue weighted by Crippen LogP contribution is 2.32. The van der Waals surface area contributed by atoms with E-state index in [1.54, 1.807) is 0 Å². The fourth-order valence-electron chi connectivity index (χ4n) is 1.70. The van der Waals surface area contributed by atoms with E-state index in [1.165, 1.54) is 12.8 Å². The van der Waals surface area contributed by atoms with E-state index in [0.29, 0.717) is 6.01 Å². The van der Waals surface area contributed by atoms with Crippen LogP contribution in [0.5, 0.6) is 6.01 Å². The van der Waals surface area contributed by atoms with Gasteiger partial charge in [-0.3, -0.25) is 0 Å². The summed E-state index contributed by atoms with van der Waals surface area (Å²) < 4.78 is 5.55. The number of hydrogen-bond donors (Lipinski definition) is 1. The van der Waals surface area contributed by atoms with Crippen molar-refractivity contribution in [3.63, 3.8) is 0 Å². The third-order valence-electron chi connectivity index (χ3n) is 3.08. The Labute approximate surface area is 103 Å². The van der Waals surface area contributed by atoms with E-state index in [9.17, 15) is 0 Å². The maximum Gasteiger partial charge on any atom is 0.316 e. The third-order valence-corrected chi connectivity index (χ3v) is 3.08. The molecular weight excluding hydrogens is 214 g/mol. The number of hydrogen-bond acceptors (Lipinski definition) is 4. The van der Waals surface area contributed by atoms with Crippen LogP contribution in [0.1, 0.15) is 37.4 Å². The molecule has 4 nitrogen and oxygen atoms in total. The van der Waals surface area contributed by atoms with Gasteiger partial charge in [-0.05, 0) is 25.8 Å². The van der Waals surface area contributed by atoms with Gasteiger partial charge in [0, 0.05) is 24.0 Å². The van der Waals surface area contributed by atoms with Crippen molar-refractivity contribution in [2.24, 2.45) is 5.92 Å². The van der Waals surface area contributed by atoms with Gasteiger partial charge in [0.15, 0.2) is 0 Å². The maximum absolute atomic E-state index is 5.55. The molecule has 1 aromatic heterocycles. The molecular formula is C13H21N3O. The Kier molecular flexibility index (Phi) is 4.31. The molecule has 17 heavy (non-hydrogen) atoms. The Morgan fingerprint density at radius 2 is 2.29 bits per heavy atom. The van der Waals surface area contributed by atoms with E-state index >= 15 is 0 Å². The minimum absolute atomic E-state index is 0.517. The number of nitrogens with one attached hydrogen (secondary N) is 1. The highest BCUT2D eigenvalue weighted by atomic mass is 16.5. The Bertz CT molecular complexity index is 364. The number of aryl methyl sites for hydroxylation is 1. The largest absolute Gasteiger partial charge is 0.463 e. The second kappa shape index (κ2) is 5.96. The lowest BCUT2D eigenvalue weighted by atomic mass is 10.2. The van der Waals surface area contributed by atoms with Gasteiger partial charge in [-0.2, -0.15) is 0 Å². The number of aromatic nitrogens is 2. The van der Waals surface area contributed by atoms with Crippen LogP contribution in [0.2, 0.25) is 0 Å². The van der Waals surface area contributed by atoms with Crippen LogP contribution in [-0.2, 0) is 6.54 Å². The van der Waals surface area contributed by atoms with Crippen LogP contribution < -0.4 is 10.1 Å². The zero-order chi connectivity index (χ0) is 12.1. The molecule has 1 saturated carbocycles. The maximum atomic E-state index is 5.55. The molecule has 0 radical (unpaired) electrons. The van der Waals surface area contributed by atoms with Gasteiger partial charge in [0.1, 0.15) is 0 Å². The van der Waals surface area contributed by atoms with Crippen molar-refractivity contribution in [2.75, 3.05) is 13.2 Å². The number of nitrogens with zero attached hydrogens (tertiary/aromatic N) is 2. The van der Waals surface area contributed by atoms with Crippen LogP contribution in [0.15, 0.2) is 6.20 Å². The normalized spacial score (nSPS) is 14.9. The molecule has 0 aromatic carbocycles. The summed E-state index contributed by atoms with van der Waals surface area (Å²) in [6, 6.07) is 0.517. The molecule has 1 N–H and O–H groups in total. The van der Waals surface area contributed by atoms with Crippen molar-refractivity contribution in [3.8, 4) is 6.01 Å². The van der Waals surface area contributed by atoms with Gasteiger partial charge in [0.25, 0.3) is 0 Å². The quantitative estimate of drug-likeness (QED) is 0.786. The summed E-state index contributed by atoms with van der Waals surface area (Å²) in [5, 5.41) is 3.27. The minimum atomic E-state index is 0.517. The average molecular weight is 235 g/mol. The van der Waals surface area contributed by atoms with Gasteiger partial charge in [-0.1, -0.05) is 19.8 Å². The standard InChI is InChI=1S/C13H21N3O/c1-3-14-8-12-9-15-13(16-10(12)2)17-7-6-11-4-5-11/h9,11,14H,3-8H2,1-2H3.